The van der Waals surface area contributed by atoms with E-state index in [0.29, 0.717) is 0 Å². The Morgan fingerprint density at radius 3 is 2.65 bits per heavy atom. The van der Waals surface area contributed by atoms with Crippen molar-refractivity contribution < 1.29 is 0 Å². The van der Waals surface area contributed by atoms with Gasteiger partial charge in [-0.15, -0.1) is 10.2 Å². The van der Waals surface area contributed by atoms with Crippen LogP contribution in [0.2, 0.25) is 5.02 Å². The summed E-state index contributed by atoms with van der Waals surface area (Å²) < 4.78 is 2.08. The van der Waals surface area contributed by atoms with Crippen molar-refractivity contribution in [2.75, 3.05) is 0 Å². The molecule has 0 N–H and O–H groups in total. The Bertz CT molecular complexity index is 1050. The lowest BCUT2D eigenvalue weighted by molar-refractivity contribution is 0.750. The van der Waals surface area contributed by atoms with Gasteiger partial charge in [-0.1, -0.05) is 78.0 Å². The van der Waals surface area contributed by atoms with E-state index in [1.165, 1.54) is 21.9 Å². The second kappa shape index (κ2) is 7.52. The van der Waals surface area contributed by atoms with Crippen LogP contribution in [0, 0.1) is 0 Å². The first-order chi connectivity index (χ1) is 12.7. The van der Waals surface area contributed by atoms with E-state index in [1.54, 1.807) is 11.8 Å². The van der Waals surface area contributed by atoms with Crippen LogP contribution in [0.15, 0.2) is 71.9 Å². The van der Waals surface area contributed by atoms with Crippen molar-refractivity contribution in [2.45, 2.75) is 17.3 Å². The highest BCUT2D eigenvalue weighted by Gasteiger charge is 2.11. The lowest BCUT2D eigenvalue weighted by Gasteiger charge is -2.07. The second-order valence-electron chi connectivity index (χ2n) is 6.19. The normalized spacial score (nSPS) is 11.2. The summed E-state index contributed by atoms with van der Waals surface area (Å²) in [5.74, 6) is 1.79. The zero-order chi connectivity index (χ0) is 17.9. The molecule has 0 saturated heterocycles. The summed E-state index contributed by atoms with van der Waals surface area (Å²) in [4.78, 5) is 0. The Hall–Kier alpha value is -2.30. The first-order valence-corrected chi connectivity index (χ1v) is 9.79. The lowest BCUT2D eigenvalue weighted by atomic mass is 10.0. The monoisotopic (exact) mass is 379 g/mol. The SMILES string of the molecule is Cn1c(Cc2cccc3ccccc23)nnc1SCc1cccc(Cl)c1. The van der Waals surface area contributed by atoms with Gasteiger partial charge < -0.3 is 4.57 Å². The molecule has 0 aliphatic rings. The minimum Gasteiger partial charge on any atom is -0.309 e. The fourth-order valence-electron chi connectivity index (χ4n) is 3.02. The zero-order valence-corrected chi connectivity index (χ0v) is 16.0. The fraction of sp³-hybridized carbons (Fsp3) is 0.143. The van der Waals surface area contributed by atoms with Gasteiger partial charge in [0.05, 0.1) is 0 Å². The van der Waals surface area contributed by atoms with E-state index in [1.807, 2.05) is 25.2 Å². The standard InChI is InChI=1S/C21H18ClN3S/c1-25-20(13-17-9-5-8-16-7-2-3-11-19(16)17)23-24-21(25)26-14-15-6-4-10-18(22)12-15/h2-12H,13-14H2,1H3. The van der Waals surface area contributed by atoms with Crippen LogP contribution in [-0.2, 0) is 19.2 Å². The summed E-state index contributed by atoms with van der Waals surface area (Å²) in [5.41, 5.74) is 2.45. The number of rotatable bonds is 5. The molecule has 0 unspecified atom stereocenters. The number of fused-ring (bicyclic) bond motifs is 1. The van der Waals surface area contributed by atoms with E-state index in [9.17, 15) is 0 Å². The van der Waals surface area contributed by atoms with Crippen molar-refractivity contribution in [2.24, 2.45) is 7.05 Å². The van der Waals surface area contributed by atoms with Crippen LogP contribution in [0.1, 0.15) is 17.0 Å². The van der Waals surface area contributed by atoms with Crippen molar-refractivity contribution in [1.29, 1.82) is 0 Å². The molecule has 130 valence electrons. The van der Waals surface area contributed by atoms with Gasteiger partial charge in [0.15, 0.2) is 5.16 Å². The molecule has 1 aromatic heterocycles. The van der Waals surface area contributed by atoms with Crippen molar-refractivity contribution in [3.8, 4) is 0 Å². The quantitative estimate of drug-likeness (QED) is 0.428. The van der Waals surface area contributed by atoms with E-state index in [4.69, 9.17) is 11.6 Å². The third-order valence-corrected chi connectivity index (χ3v) is 5.74. The van der Waals surface area contributed by atoms with Crippen molar-refractivity contribution >= 4 is 34.1 Å². The number of hydrogen-bond acceptors (Lipinski definition) is 3. The molecule has 0 radical (unpaired) electrons. The average molecular weight is 380 g/mol. The van der Waals surface area contributed by atoms with E-state index in [-0.39, 0.29) is 0 Å². The Labute approximate surface area is 162 Å². The summed E-state index contributed by atoms with van der Waals surface area (Å²) in [6, 6.07) is 22.8. The van der Waals surface area contributed by atoms with Crippen LogP contribution < -0.4 is 0 Å². The highest BCUT2D eigenvalue weighted by molar-refractivity contribution is 7.98. The van der Waals surface area contributed by atoms with Gasteiger partial charge >= 0.3 is 0 Å². The zero-order valence-electron chi connectivity index (χ0n) is 14.4. The molecule has 0 atom stereocenters. The molecule has 4 aromatic rings. The van der Waals surface area contributed by atoms with Crippen LogP contribution in [0.5, 0.6) is 0 Å². The van der Waals surface area contributed by atoms with E-state index >= 15 is 0 Å². The van der Waals surface area contributed by atoms with Crippen LogP contribution in [0.25, 0.3) is 10.8 Å². The van der Waals surface area contributed by atoms with Gasteiger partial charge in [0.1, 0.15) is 5.82 Å². The maximum absolute atomic E-state index is 6.06. The molecule has 0 bridgehead atoms. The maximum atomic E-state index is 6.06. The molecule has 1 heterocycles. The average Bonchev–Trinajstić information content (AvgIpc) is 3.00. The number of thioether (sulfide) groups is 1. The summed E-state index contributed by atoms with van der Waals surface area (Å²) in [6.45, 7) is 0. The molecule has 26 heavy (non-hydrogen) atoms. The Balaban J connectivity index is 1.53. The van der Waals surface area contributed by atoms with Crippen LogP contribution in [0.3, 0.4) is 0 Å². The van der Waals surface area contributed by atoms with Gasteiger partial charge in [0.25, 0.3) is 0 Å². The topological polar surface area (TPSA) is 30.7 Å². The smallest absolute Gasteiger partial charge is 0.191 e. The molecule has 0 fully saturated rings. The molecule has 3 nitrogen and oxygen atoms in total. The Morgan fingerprint density at radius 1 is 0.962 bits per heavy atom. The van der Waals surface area contributed by atoms with Gasteiger partial charge in [-0.05, 0) is 34.0 Å². The van der Waals surface area contributed by atoms with Gasteiger partial charge in [-0.25, -0.2) is 0 Å². The summed E-state index contributed by atoms with van der Waals surface area (Å²) in [6.07, 6.45) is 0.766. The molecule has 0 aliphatic carbocycles. The molecule has 3 aromatic carbocycles. The van der Waals surface area contributed by atoms with E-state index in [2.05, 4.69) is 63.3 Å². The predicted octanol–water partition coefficient (Wildman–Crippen LogP) is 5.50. The fourth-order valence-corrected chi connectivity index (χ4v) is 4.10. The van der Waals surface area contributed by atoms with Crippen LogP contribution in [0.4, 0.5) is 0 Å². The summed E-state index contributed by atoms with van der Waals surface area (Å²) in [7, 11) is 2.03. The van der Waals surface area contributed by atoms with Crippen molar-refractivity contribution in [3.05, 3.63) is 88.7 Å². The van der Waals surface area contributed by atoms with Crippen molar-refractivity contribution in [3.63, 3.8) is 0 Å². The first kappa shape index (κ1) is 17.1. The number of nitrogens with zero attached hydrogens (tertiary/aromatic N) is 3. The molecule has 0 saturated carbocycles. The molecule has 0 spiro atoms. The third-order valence-electron chi connectivity index (χ3n) is 4.41. The Kier molecular flexibility index (Phi) is 4.96. The molecule has 0 aliphatic heterocycles. The number of hydrogen-bond donors (Lipinski definition) is 0. The minimum atomic E-state index is 0.762. The maximum Gasteiger partial charge on any atom is 0.191 e. The number of benzene rings is 3. The second-order valence-corrected chi connectivity index (χ2v) is 7.57. The minimum absolute atomic E-state index is 0.762. The van der Waals surface area contributed by atoms with E-state index < -0.39 is 0 Å². The largest absolute Gasteiger partial charge is 0.309 e. The first-order valence-electron chi connectivity index (χ1n) is 8.43. The van der Waals surface area contributed by atoms with Crippen molar-refractivity contribution in [1.82, 2.24) is 14.8 Å². The number of aromatic nitrogens is 3. The summed E-state index contributed by atoms with van der Waals surface area (Å²) in [5, 5.41) is 13.0. The molecular formula is C21H18ClN3S. The molecular weight excluding hydrogens is 362 g/mol. The Morgan fingerprint density at radius 2 is 1.77 bits per heavy atom. The molecule has 0 amide bonds. The van der Waals surface area contributed by atoms with Gasteiger partial charge in [0, 0.05) is 24.2 Å². The lowest BCUT2D eigenvalue weighted by Crippen LogP contribution is -2.01. The van der Waals surface area contributed by atoms with Crippen LogP contribution in [-0.4, -0.2) is 14.8 Å². The van der Waals surface area contributed by atoms with Gasteiger partial charge in [0.2, 0.25) is 0 Å². The molecule has 5 heteroatoms. The van der Waals surface area contributed by atoms with Crippen LogP contribution >= 0.6 is 23.4 Å². The highest BCUT2D eigenvalue weighted by Crippen LogP contribution is 2.25. The van der Waals surface area contributed by atoms with E-state index in [0.717, 1.165) is 28.2 Å². The third kappa shape index (κ3) is 3.62. The molecule has 4 rings (SSSR count). The van der Waals surface area contributed by atoms with Gasteiger partial charge in [-0.3, -0.25) is 0 Å². The number of halogens is 1. The highest BCUT2D eigenvalue weighted by atomic mass is 35.5. The summed E-state index contributed by atoms with van der Waals surface area (Å²) >= 11 is 7.73. The predicted molar refractivity (Wildman–Crippen MR) is 109 cm³/mol. The van der Waals surface area contributed by atoms with Gasteiger partial charge in [-0.2, -0.15) is 0 Å².